The van der Waals surface area contributed by atoms with Gasteiger partial charge in [-0.2, -0.15) is 0 Å². The first kappa shape index (κ1) is 15.5. The third-order valence-corrected chi connectivity index (χ3v) is 3.95. The Balaban J connectivity index is 2.25. The van der Waals surface area contributed by atoms with E-state index in [0.717, 1.165) is 51.4 Å². The predicted octanol–water partition coefficient (Wildman–Crippen LogP) is 3.30. The van der Waals surface area contributed by atoms with Gasteiger partial charge in [0.15, 0.2) is 0 Å². The second kappa shape index (κ2) is 8.52. The lowest BCUT2D eigenvalue weighted by molar-refractivity contribution is -0.151. The molecule has 2 unspecified atom stereocenters. The quantitative estimate of drug-likeness (QED) is 0.711. The van der Waals surface area contributed by atoms with Crippen LogP contribution in [0.25, 0.3) is 0 Å². The van der Waals surface area contributed by atoms with Crippen molar-refractivity contribution in [2.24, 2.45) is 11.8 Å². The monoisotopic (exact) mass is 256 g/mol. The van der Waals surface area contributed by atoms with E-state index in [1.54, 1.807) is 0 Å². The molecule has 0 radical (unpaired) electrons. The lowest BCUT2D eigenvalue weighted by atomic mass is 9.88. The highest BCUT2D eigenvalue weighted by Crippen LogP contribution is 2.25. The summed E-state index contributed by atoms with van der Waals surface area (Å²) < 4.78 is 5.43. The molecule has 1 aliphatic rings. The third-order valence-electron chi connectivity index (χ3n) is 3.95. The highest BCUT2D eigenvalue weighted by Gasteiger charge is 2.23. The number of aliphatic hydroxyl groups excluding tert-OH is 1. The van der Waals surface area contributed by atoms with E-state index in [4.69, 9.17) is 4.74 Å². The van der Waals surface area contributed by atoms with Gasteiger partial charge >= 0.3 is 5.97 Å². The first-order chi connectivity index (χ1) is 8.67. The van der Waals surface area contributed by atoms with Gasteiger partial charge in [0.1, 0.15) is 0 Å². The summed E-state index contributed by atoms with van der Waals surface area (Å²) in [4.78, 5) is 11.9. The summed E-state index contributed by atoms with van der Waals surface area (Å²) in [6.07, 6.45) is 7.66. The molecule has 0 bridgehead atoms. The molecule has 0 aliphatic heterocycles. The zero-order valence-electron chi connectivity index (χ0n) is 11.9. The van der Waals surface area contributed by atoms with E-state index in [1.165, 1.54) is 0 Å². The molecule has 0 amide bonds. The highest BCUT2D eigenvalue weighted by atomic mass is 16.5. The number of esters is 1. The maximum Gasteiger partial charge on any atom is 0.308 e. The van der Waals surface area contributed by atoms with Gasteiger partial charge in [0.2, 0.25) is 0 Å². The lowest BCUT2D eigenvalue weighted by Crippen LogP contribution is -2.26. The minimum Gasteiger partial charge on any atom is -0.465 e. The standard InChI is InChI=1S/C15H28O3/c1-3-5-8-13(4-2)15(17)18-11-12-7-6-9-14(16)10-12/h12-14,16H,3-11H2,1-2H3/t12?,13?,14-/m1/s1. The average molecular weight is 256 g/mol. The van der Waals surface area contributed by atoms with Gasteiger partial charge in [-0.3, -0.25) is 4.79 Å². The Morgan fingerprint density at radius 1 is 1.39 bits per heavy atom. The number of carbonyl (C=O) groups is 1. The topological polar surface area (TPSA) is 46.5 Å². The van der Waals surface area contributed by atoms with Gasteiger partial charge in [0.05, 0.1) is 18.6 Å². The van der Waals surface area contributed by atoms with E-state index in [9.17, 15) is 9.90 Å². The molecule has 0 spiro atoms. The van der Waals surface area contributed by atoms with Crippen molar-refractivity contribution in [2.45, 2.75) is 71.3 Å². The molecule has 18 heavy (non-hydrogen) atoms. The van der Waals surface area contributed by atoms with Crippen molar-refractivity contribution < 1.29 is 14.6 Å². The van der Waals surface area contributed by atoms with Crippen LogP contribution in [0.4, 0.5) is 0 Å². The van der Waals surface area contributed by atoms with Gasteiger partial charge in [0, 0.05) is 0 Å². The number of ether oxygens (including phenoxy) is 1. The molecule has 1 saturated carbocycles. The Morgan fingerprint density at radius 3 is 2.78 bits per heavy atom. The Kier molecular flexibility index (Phi) is 7.33. The van der Waals surface area contributed by atoms with E-state index >= 15 is 0 Å². The predicted molar refractivity (Wildman–Crippen MR) is 72.2 cm³/mol. The van der Waals surface area contributed by atoms with Crippen LogP contribution in [0.3, 0.4) is 0 Å². The van der Waals surface area contributed by atoms with Crippen LogP contribution in [0, 0.1) is 11.8 Å². The van der Waals surface area contributed by atoms with Crippen LogP contribution in [0.2, 0.25) is 0 Å². The van der Waals surface area contributed by atoms with E-state index in [2.05, 4.69) is 6.92 Å². The minimum absolute atomic E-state index is 0.0361. The van der Waals surface area contributed by atoms with Crippen molar-refractivity contribution in [3.8, 4) is 0 Å². The van der Waals surface area contributed by atoms with Crippen molar-refractivity contribution >= 4 is 5.97 Å². The molecule has 0 aromatic rings. The normalized spacial score (nSPS) is 25.7. The molecule has 3 atom stereocenters. The summed E-state index contributed by atoms with van der Waals surface area (Å²) in [7, 11) is 0. The Morgan fingerprint density at radius 2 is 2.17 bits per heavy atom. The van der Waals surface area contributed by atoms with Gasteiger partial charge < -0.3 is 9.84 Å². The van der Waals surface area contributed by atoms with Gasteiger partial charge in [-0.25, -0.2) is 0 Å². The van der Waals surface area contributed by atoms with E-state index < -0.39 is 0 Å². The average Bonchev–Trinajstić information content (AvgIpc) is 2.37. The number of hydrogen-bond donors (Lipinski definition) is 1. The van der Waals surface area contributed by atoms with Crippen LogP contribution >= 0.6 is 0 Å². The maximum atomic E-state index is 11.9. The van der Waals surface area contributed by atoms with Crippen molar-refractivity contribution in [3.63, 3.8) is 0 Å². The van der Waals surface area contributed by atoms with Gasteiger partial charge in [-0.05, 0) is 38.0 Å². The molecule has 0 saturated heterocycles. The van der Waals surface area contributed by atoms with Crippen LogP contribution in [-0.2, 0) is 9.53 Å². The molecule has 0 heterocycles. The summed E-state index contributed by atoms with van der Waals surface area (Å²) in [5.41, 5.74) is 0. The van der Waals surface area contributed by atoms with Crippen molar-refractivity contribution in [3.05, 3.63) is 0 Å². The molecule has 106 valence electrons. The first-order valence-corrected chi connectivity index (χ1v) is 7.52. The first-order valence-electron chi connectivity index (χ1n) is 7.52. The van der Waals surface area contributed by atoms with E-state index in [-0.39, 0.29) is 18.0 Å². The lowest BCUT2D eigenvalue weighted by Gasteiger charge is -2.26. The van der Waals surface area contributed by atoms with E-state index in [0.29, 0.717) is 12.5 Å². The Bertz CT molecular complexity index is 240. The summed E-state index contributed by atoms with van der Waals surface area (Å²) in [5.74, 6) is 0.394. The zero-order chi connectivity index (χ0) is 13.4. The molecule has 3 heteroatoms. The molecule has 1 aliphatic carbocycles. The zero-order valence-corrected chi connectivity index (χ0v) is 11.9. The maximum absolute atomic E-state index is 11.9. The summed E-state index contributed by atoms with van der Waals surface area (Å²) in [5, 5.41) is 9.58. The molecule has 0 aromatic heterocycles. The van der Waals surface area contributed by atoms with Gasteiger partial charge in [0.25, 0.3) is 0 Å². The van der Waals surface area contributed by atoms with Crippen LogP contribution in [0.1, 0.15) is 65.2 Å². The van der Waals surface area contributed by atoms with Crippen molar-refractivity contribution in [2.75, 3.05) is 6.61 Å². The number of aliphatic hydroxyl groups is 1. The largest absolute Gasteiger partial charge is 0.465 e. The fourth-order valence-corrected chi connectivity index (χ4v) is 2.67. The molecule has 1 fully saturated rings. The number of carbonyl (C=O) groups excluding carboxylic acids is 1. The van der Waals surface area contributed by atoms with Gasteiger partial charge in [-0.1, -0.05) is 33.1 Å². The van der Waals surface area contributed by atoms with Crippen LogP contribution in [0.15, 0.2) is 0 Å². The van der Waals surface area contributed by atoms with Crippen molar-refractivity contribution in [1.29, 1.82) is 0 Å². The summed E-state index contributed by atoms with van der Waals surface area (Å²) in [6.45, 7) is 4.69. The number of unbranched alkanes of at least 4 members (excludes halogenated alkanes) is 1. The SMILES string of the molecule is CCCCC(CC)C(=O)OCC1CCC[C@@H](O)C1. The van der Waals surface area contributed by atoms with Crippen LogP contribution < -0.4 is 0 Å². The smallest absolute Gasteiger partial charge is 0.308 e. The fourth-order valence-electron chi connectivity index (χ4n) is 2.67. The minimum atomic E-state index is -0.190. The second-order valence-corrected chi connectivity index (χ2v) is 5.56. The molecular weight excluding hydrogens is 228 g/mol. The molecular formula is C15H28O3. The van der Waals surface area contributed by atoms with Crippen LogP contribution in [-0.4, -0.2) is 23.8 Å². The third kappa shape index (κ3) is 5.38. The summed E-state index contributed by atoms with van der Waals surface area (Å²) >= 11 is 0. The number of rotatable bonds is 7. The van der Waals surface area contributed by atoms with E-state index in [1.807, 2.05) is 6.92 Å². The molecule has 3 nitrogen and oxygen atoms in total. The van der Waals surface area contributed by atoms with Crippen molar-refractivity contribution in [1.82, 2.24) is 0 Å². The number of hydrogen-bond acceptors (Lipinski definition) is 3. The molecule has 1 N–H and O–H groups in total. The van der Waals surface area contributed by atoms with Gasteiger partial charge in [-0.15, -0.1) is 0 Å². The molecule has 0 aromatic carbocycles. The highest BCUT2D eigenvalue weighted by molar-refractivity contribution is 5.72. The Labute approximate surface area is 111 Å². The fraction of sp³-hybridized carbons (Fsp3) is 0.933. The Hall–Kier alpha value is -0.570. The summed E-state index contributed by atoms with van der Waals surface area (Å²) in [6, 6.07) is 0. The van der Waals surface area contributed by atoms with Crippen LogP contribution in [0.5, 0.6) is 0 Å². The second-order valence-electron chi connectivity index (χ2n) is 5.56. The molecule has 1 rings (SSSR count).